The first-order valence-corrected chi connectivity index (χ1v) is 6.33. The summed E-state index contributed by atoms with van der Waals surface area (Å²) in [7, 11) is 0. The van der Waals surface area contributed by atoms with Crippen LogP contribution >= 0.6 is 0 Å². The van der Waals surface area contributed by atoms with E-state index in [1.807, 2.05) is 44.2 Å². The molecule has 0 radical (unpaired) electrons. The first kappa shape index (κ1) is 12.3. The fourth-order valence-electron chi connectivity index (χ4n) is 2.21. The maximum atomic E-state index is 11.9. The minimum atomic E-state index is -0.211. The van der Waals surface area contributed by atoms with Crippen LogP contribution in [0, 0.1) is 13.8 Å². The minimum absolute atomic E-state index is 0.211. The van der Waals surface area contributed by atoms with Crippen molar-refractivity contribution in [3.8, 4) is 0 Å². The summed E-state index contributed by atoms with van der Waals surface area (Å²) in [5.41, 5.74) is 7.33. The van der Waals surface area contributed by atoms with E-state index in [4.69, 9.17) is 0 Å². The molecule has 5 nitrogen and oxygen atoms in total. The maximum absolute atomic E-state index is 11.9. The third kappa shape index (κ3) is 2.14. The number of carbonyl (C=O) groups excluding carboxylic acids is 1. The number of rotatable bonds is 2. The zero-order valence-corrected chi connectivity index (χ0v) is 11.3. The largest absolute Gasteiger partial charge is 0.359 e. The van der Waals surface area contributed by atoms with Crippen LogP contribution < -0.4 is 5.43 Å². The third-order valence-corrected chi connectivity index (χ3v) is 3.15. The van der Waals surface area contributed by atoms with Crippen LogP contribution in [0.25, 0.3) is 6.08 Å². The quantitative estimate of drug-likeness (QED) is 0.815. The van der Waals surface area contributed by atoms with Crippen LogP contribution in [0.1, 0.15) is 22.6 Å². The van der Waals surface area contributed by atoms with Gasteiger partial charge in [-0.25, -0.2) is 5.43 Å². The first-order chi connectivity index (χ1) is 9.65. The molecule has 0 saturated carbocycles. The van der Waals surface area contributed by atoms with Gasteiger partial charge < -0.3 is 4.98 Å². The van der Waals surface area contributed by atoms with E-state index in [1.54, 1.807) is 6.20 Å². The molecule has 100 valence electrons. The van der Waals surface area contributed by atoms with Gasteiger partial charge in [0.15, 0.2) is 0 Å². The van der Waals surface area contributed by atoms with E-state index in [9.17, 15) is 4.79 Å². The standard InChI is InChI=1S/C15H14N4O/c1-9-7-10(2)17-13(9)8-11-14(18-19-15(11)20)12-5-3-4-6-16-12/h3-8,17H,1-2H3,(H,19,20)/b11-8+. The van der Waals surface area contributed by atoms with Gasteiger partial charge in [-0.05, 0) is 43.7 Å². The second-order valence-corrected chi connectivity index (χ2v) is 4.72. The summed E-state index contributed by atoms with van der Waals surface area (Å²) in [5, 5.41) is 4.07. The summed E-state index contributed by atoms with van der Waals surface area (Å²) in [4.78, 5) is 19.4. The summed E-state index contributed by atoms with van der Waals surface area (Å²) in [5.74, 6) is -0.211. The Bertz CT molecular complexity index is 726. The van der Waals surface area contributed by atoms with Crippen LogP contribution in [0.3, 0.4) is 0 Å². The molecule has 5 heteroatoms. The second-order valence-electron chi connectivity index (χ2n) is 4.72. The molecule has 2 N–H and O–H groups in total. The molecule has 0 spiro atoms. The van der Waals surface area contributed by atoms with Gasteiger partial charge in [0.2, 0.25) is 0 Å². The van der Waals surface area contributed by atoms with Crippen LogP contribution in [0.2, 0.25) is 0 Å². The number of nitrogens with zero attached hydrogens (tertiary/aromatic N) is 2. The summed E-state index contributed by atoms with van der Waals surface area (Å²) in [6.45, 7) is 3.98. The van der Waals surface area contributed by atoms with Gasteiger partial charge in [0.25, 0.3) is 5.91 Å². The number of hydrogen-bond acceptors (Lipinski definition) is 3. The summed E-state index contributed by atoms with van der Waals surface area (Å²) in [6, 6.07) is 7.57. The molecule has 0 fully saturated rings. The average molecular weight is 266 g/mol. The third-order valence-electron chi connectivity index (χ3n) is 3.15. The normalized spacial score (nSPS) is 16.4. The van der Waals surface area contributed by atoms with Crippen molar-refractivity contribution < 1.29 is 4.79 Å². The number of amides is 1. The molecular weight excluding hydrogens is 252 g/mol. The van der Waals surface area contributed by atoms with E-state index in [2.05, 4.69) is 20.5 Å². The van der Waals surface area contributed by atoms with Gasteiger partial charge in [0.1, 0.15) is 5.71 Å². The van der Waals surface area contributed by atoms with Gasteiger partial charge in [-0.3, -0.25) is 9.78 Å². The average Bonchev–Trinajstić information content (AvgIpc) is 2.95. The summed E-state index contributed by atoms with van der Waals surface area (Å²) < 4.78 is 0. The monoisotopic (exact) mass is 266 g/mol. The van der Waals surface area contributed by atoms with Crippen molar-refractivity contribution >= 4 is 17.7 Å². The van der Waals surface area contributed by atoms with Crippen molar-refractivity contribution in [3.63, 3.8) is 0 Å². The van der Waals surface area contributed by atoms with Gasteiger partial charge in [0, 0.05) is 17.6 Å². The molecule has 0 atom stereocenters. The highest BCUT2D eigenvalue weighted by Crippen LogP contribution is 2.18. The number of aryl methyl sites for hydroxylation is 2. The Kier molecular flexibility index (Phi) is 2.95. The van der Waals surface area contributed by atoms with Gasteiger partial charge in [-0.1, -0.05) is 6.07 Å². The topological polar surface area (TPSA) is 70.1 Å². The van der Waals surface area contributed by atoms with Crippen LogP contribution in [0.5, 0.6) is 0 Å². The summed E-state index contributed by atoms with van der Waals surface area (Å²) >= 11 is 0. The fraction of sp³-hybridized carbons (Fsp3) is 0.133. The molecule has 2 aromatic rings. The zero-order chi connectivity index (χ0) is 14.1. The Morgan fingerprint density at radius 1 is 1.25 bits per heavy atom. The van der Waals surface area contributed by atoms with E-state index >= 15 is 0 Å². The smallest absolute Gasteiger partial charge is 0.273 e. The van der Waals surface area contributed by atoms with Crippen molar-refractivity contribution in [1.29, 1.82) is 0 Å². The van der Waals surface area contributed by atoms with E-state index in [-0.39, 0.29) is 5.91 Å². The molecule has 3 heterocycles. The molecule has 0 bridgehead atoms. The Morgan fingerprint density at radius 2 is 2.10 bits per heavy atom. The van der Waals surface area contributed by atoms with E-state index in [0.717, 1.165) is 17.0 Å². The maximum Gasteiger partial charge on any atom is 0.273 e. The number of aromatic nitrogens is 2. The van der Waals surface area contributed by atoms with Crippen molar-refractivity contribution in [2.45, 2.75) is 13.8 Å². The molecular formula is C15H14N4O. The molecule has 0 unspecified atom stereocenters. The lowest BCUT2D eigenvalue weighted by molar-refractivity contribution is -0.116. The zero-order valence-electron chi connectivity index (χ0n) is 11.3. The lowest BCUT2D eigenvalue weighted by atomic mass is 10.1. The van der Waals surface area contributed by atoms with Gasteiger partial charge in [0.05, 0.1) is 11.3 Å². The van der Waals surface area contributed by atoms with Crippen LogP contribution in [0.4, 0.5) is 0 Å². The van der Waals surface area contributed by atoms with Crippen molar-refractivity contribution in [1.82, 2.24) is 15.4 Å². The number of carbonyl (C=O) groups is 1. The SMILES string of the molecule is Cc1cc(C)c(/C=C2/C(=O)NN=C2c2ccccn2)[nH]1. The molecule has 3 rings (SSSR count). The molecule has 0 aliphatic carbocycles. The van der Waals surface area contributed by atoms with Crippen molar-refractivity contribution in [3.05, 3.63) is 58.7 Å². The van der Waals surface area contributed by atoms with Crippen LogP contribution in [-0.4, -0.2) is 21.6 Å². The predicted octanol–water partition coefficient (Wildman–Crippen LogP) is 1.94. The van der Waals surface area contributed by atoms with E-state index in [0.29, 0.717) is 17.0 Å². The Labute approximate surface area is 116 Å². The number of pyridine rings is 1. The molecule has 20 heavy (non-hydrogen) atoms. The highest BCUT2D eigenvalue weighted by Gasteiger charge is 2.25. The minimum Gasteiger partial charge on any atom is -0.359 e. The molecule has 0 saturated heterocycles. The van der Waals surface area contributed by atoms with Gasteiger partial charge in [-0.2, -0.15) is 5.10 Å². The van der Waals surface area contributed by atoms with Crippen LogP contribution in [-0.2, 0) is 4.79 Å². The van der Waals surface area contributed by atoms with Crippen LogP contribution in [0.15, 0.2) is 41.1 Å². The van der Waals surface area contributed by atoms with E-state index < -0.39 is 0 Å². The Hall–Kier alpha value is -2.69. The fourth-order valence-corrected chi connectivity index (χ4v) is 2.21. The molecule has 0 aromatic carbocycles. The Morgan fingerprint density at radius 3 is 2.75 bits per heavy atom. The van der Waals surface area contributed by atoms with Crippen molar-refractivity contribution in [2.75, 3.05) is 0 Å². The number of hydrazone groups is 1. The number of aromatic amines is 1. The highest BCUT2D eigenvalue weighted by molar-refractivity contribution is 6.32. The van der Waals surface area contributed by atoms with Gasteiger partial charge >= 0.3 is 0 Å². The second kappa shape index (κ2) is 4.77. The number of nitrogens with one attached hydrogen (secondary N) is 2. The lowest BCUT2D eigenvalue weighted by Gasteiger charge is -2.00. The predicted molar refractivity (Wildman–Crippen MR) is 77.2 cm³/mol. The van der Waals surface area contributed by atoms with E-state index in [1.165, 1.54) is 0 Å². The van der Waals surface area contributed by atoms with Crippen molar-refractivity contribution in [2.24, 2.45) is 5.10 Å². The van der Waals surface area contributed by atoms with Gasteiger partial charge in [-0.15, -0.1) is 0 Å². The molecule has 2 aromatic heterocycles. The lowest BCUT2D eigenvalue weighted by Crippen LogP contribution is -2.14. The first-order valence-electron chi connectivity index (χ1n) is 6.33. The number of hydrogen-bond donors (Lipinski definition) is 2. The highest BCUT2D eigenvalue weighted by atomic mass is 16.2. The number of H-pyrrole nitrogens is 1. The molecule has 1 amide bonds. The Balaban J connectivity index is 2.05. The molecule has 1 aliphatic heterocycles. The summed E-state index contributed by atoms with van der Waals surface area (Å²) in [6.07, 6.45) is 3.50. The molecule has 1 aliphatic rings.